The van der Waals surface area contributed by atoms with Crippen LogP contribution in [0, 0.1) is 10.1 Å². The van der Waals surface area contributed by atoms with Gasteiger partial charge in [-0.3, -0.25) is 4.79 Å². The molecule has 0 radical (unpaired) electrons. The minimum absolute atomic E-state index is 0.172. The zero-order valence-corrected chi connectivity index (χ0v) is 8.06. The molecule has 2 atom stereocenters. The van der Waals surface area contributed by atoms with Gasteiger partial charge in [-0.1, -0.05) is 12.8 Å². The first-order chi connectivity index (χ1) is 6.59. The molecule has 0 bridgehead atoms. The molecule has 2 unspecified atom stereocenters. The number of carbonyl (C=O) groups is 1. The van der Waals surface area contributed by atoms with Gasteiger partial charge < -0.3 is 10.2 Å². The van der Waals surface area contributed by atoms with Gasteiger partial charge in [0.05, 0.1) is 6.04 Å². The lowest BCUT2D eigenvalue weighted by atomic mass is 9.92. The Labute approximate surface area is 81.7 Å². The molecular formula is C8H14N2O4. The molecule has 0 heterocycles. The molecule has 0 aromatic rings. The quantitative estimate of drug-likeness (QED) is 0.538. The van der Waals surface area contributed by atoms with Crippen molar-refractivity contribution in [2.75, 3.05) is 0 Å². The highest BCUT2D eigenvalue weighted by Crippen LogP contribution is 2.21. The van der Waals surface area contributed by atoms with E-state index < -0.39 is 11.2 Å². The van der Waals surface area contributed by atoms with Crippen LogP contribution in [0.2, 0.25) is 0 Å². The number of nitrogens with one attached hydrogen (secondary N) is 1. The Morgan fingerprint density at radius 2 is 2.14 bits per heavy atom. The van der Waals surface area contributed by atoms with E-state index in [-0.39, 0.29) is 11.9 Å². The Kier molecular flexibility index (Phi) is 3.67. The maximum absolute atomic E-state index is 10.8. The van der Waals surface area contributed by atoms with Gasteiger partial charge in [-0.2, -0.15) is 0 Å². The summed E-state index contributed by atoms with van der Waals surface area (Å²) in [6.45, 7) is 1.40. The van der Waals surface area contributed by atoms with E-state index >= 15 is 0 Å². The molecule has 1 aliphatic rings. The highest BCUT2D eigenvalue weighted by Gasteiger charge is 2.28. The predicted molar refractivity (Wildman–Crippen MR) is 47.9 cm³/mol. The van der Waals surface area contributed by atoms with E-state index in [1.807, 2.05) is 0 Å². The minimum Gasteiger partial charge on any atom is -0.351 e. The van der Waals surface area contributed by atoms with E-state index in [9.17, 15) is 14.9 Å². The fourth-order valence-corrected chi connectivity index (χ4v) is 1.76. The normalized spacial score (nSPS) is 26.6. The van der Waals surface area contributed by atoms with Crippen LogP contribution in [0.3, 0.4) is 0 Å². The summed E-state index contributed by atoms with van der Waals surface area (Å²) in [6.07, 6.45) is 2.78. The zero-order chi connectivity index (χ0) is 10.6. The van der Waals surface area contributed by atoms with Gasteiger partial charge in [-0.15, -0.1) is 10.1 Å². The molecule has 6 heteroatoms. The van der Waals surface area contributed by atoms with E-state index in [4.69, 9.17) is 0 Å². The number of hydrogen-bond acceptors (Lipinski definition) is 4. The molecule has 0 aromatic carbocycles. The smallest absolute Gasteiger partial charge is 0.294 e. The highest BCUT2D eigenvalue weighted by atomic mass is 17.0. The Bertz CT molecular complexity index is 207. The first-order valence-electron chi connectivity index (χ1n) is 4.68. The number of amides is 1. The third-order valence-electron chi connectivity index (χ3n) is 2.31. The number of hydrogen-bond donors (Lipinski definition) is 1. The van der Waals surface area contributed by atoms with Gasteiger partial charge in [0.2, 0.25) is 5.91 Å². The average Bonchev–Trinajstić information content (AvgIpc) is 2.06. The maximum Gasteiger partial charge on any atom is 0.294 e. The first kappa shape index (κ1) is 10.7. The summed E-state index contributed by atoms with van der Waals surface area (Å²) < 4.78 is 0. The van der Waals surface area contributed by atoms with Gasteiger partial charge in [0.25, 0.3) is 5.09 Å². The topological polar surface area (TPSA) is 81.5 Å². The fourth-order valence-electron chi connectivity index (χ4n) is 1.76. The molecule has 1 aliphatic carbocycles. The van der Waals surface area contributed by atoms with E-state index in [1.54, 1.807) is 0 Å². The van der Waals surface area contributed by atoms with Crippen LogP contribution in [0.25, 0.3) is 0 Å². The van der Waals surface area contributed by atoms with Gasteiger partial charge in [0, 0.05) is 6.92 Å². The van der Waals surface area contributed by atoms with Crippen LogP contribution >= 0.6 is 0 Å². The lowest BCUT2D eigenvalue weighted by Crippen LogP contribution is -2.46. The van der Waals surface area contributed by atoms with E-state index in [0.29, 0.717) is 6.42 Å². The van der Waals surface area contributed by atoms with Crippen molar-refractivity contribution in [2.45, 2.75) is 44.8 Å². The summed E-state index contributed by atoms with van der Waals surface area (Å²) in [7, 11) is 0. The van der Waals surface area contributed by atoms with E-state index in [1.165, 1.54) is 6.92 Å². The summed E-state index contributed by atoms with van der Waals surface area (Å²) in [4.78, 5) is 25.5. The standard InChI is InChI=1S/C8H14N2O4/c1-6(11)9-7-4-2-3-5-8(7)14-10(12)13/h7-8H,2-5H2,1H3,(H,9,11). The van der Waals surface area contributed by atoms with Gasteiger partial charge in [0.15, 0.2) is 0 Å². The minimum atomic E-state index is -0.787. The van der Waals surface area contributed by atoms with Gasteiger partial charge in [0.1, 0.15) is 6.10 Å². The second-order valence-corrected chi connectivity index (χ2v) is 3.46. The highest BCUT2D eigenvalue weighted by molar-refractivity contribution is 5.73. The lowest BCUT2D eigenvalue weighted by Gasteiger charge is -2.29. The second-order valence-electron chi connectivity index (χ2n) is 3.46. The first-order valence-corrected chi connectivity index (χ1v) is 4.68. The van der Waals surface area contributed by atoms with Crippen molar-refractivity contribution < 1.29 is 14.7 Å². The Morgan fingerprint density at radius 3 is 2.71 bits per heavy atom. The second kappa shape index (κ2) is 4.78. The summed E-state index contributed by atoms with van der Waals surface area (Å²) in [5.74, 6) is -0.172. The van der Waals surface area contributed by atoms with Gasteiger partial charge in [-0.05, 0) is 12.8 Å². The molecule has 0 saturated heterocycles. The van der Waals surface area contributed by atoms with Gasteiger partial charge in [-0.25, -0.2) is 0 Å². The Balaban J connectivity index is 2.49. The molecular weight excluding hydrogens is 188 g/mol. The largest absolute Gasteiger partial charge is 0.351 e. The van der Waals surface area contributed by atoms with Crippen molar-refractivity contribution in [1.29, 1.82) is 0 Å². The summed E-state index contributed by atoms with van der Waals surface area (Å²) in [6, 6.07) is -0.216. The molecule has 1 fully saturated rings. The molecule has 1 amide bonds. The molecule has 0 spiro atoms. The monoisotopic (exact) mass is 202 g/mol. The Hall–Kier alpha value is -1.33. The van der Waals surface area contributed by atoms with Crippen LogP contribution in [0.1, 0.15) is 32.6 Å². The van der Waals surface area contributed by atoms with Crippen molar-refractivity contribution in [3.8, 4) is 0 Å². The number of carbonyl (C=O) groups excluding carboxylic acids is 1. The van der Waals surface area contributed by atoms with Crippen LogP contribution in [-0.4, -0.2) is 23.1 Å². The predicted octanol–water partition coefficient (Wildman–Crippen LogP) is 0.642. The zero-order valence-electron chi connectivity index (χ0n) is 8.06. The molecule has 0 aromatic heterocycles. The fraction of sp³-hybridized carbons (Fsp3) is 0.875. The number of nitrogens with zero attached hydrogens (tertiary/aromatic N) is 1. The van der Waals surface area contributed by atoms with Gasteiger partial charge >= 0.3 is 0 Å². The number of rotatable bonds is 3. The third-order valence-corrected chi connectivity index (χ3v) is 2.31. The van der Waals surface area contributed by atoms with E-state index in [2.05, 4.69) is 10.2 Å². The molecule has 1 rings (SSSR count). The molecule has 14 heavy (non-hydrogen) atoms. The average molecular weight is 202 g/mol. The van der Waals surface area contributed by atoms with Crippen LogP contribution in [0.4, 0.5) is 0 Å². The van der Waals surface area contributed by atoms with Crippen molar-refractivity contribution in [2.24, 2.45) is 0 Å². The summed E-state index contributed by atoms with van der Waals surface area (Å²) >= 11 is 0. The lowest BCUT2D eigenvalue weighted by molar-refractivity contribution is -0.769. The summed E-state index contributed by atoms with van der Waals surface area (Å²) in [5, 5.41) is 12.1. The van der Waals surface area contributed by atoms with Crippen LogP contribution in [0.5, 0.6) is 0 Å². The van der Waals surface area contributed by atoms with E-state index in [0.717, 1.165) is 19.3 Å². The van der Waals surface area contributed by atoms with Crippen LogP contribution < -0.4 is 5.32 Å². The molecule has 6 nitrogen and oxygen atoms in total. The van der Waals surface area contributed by atoms with Crippen LogP contribution in [-0.2, 0) is 9.63 Å². The Morgan fingerprint density at radius 1 is 1.50 bits per heavy atom. The molecule has 80 valence electrons. The molecule has 0 aliphatic heterocycles. The van der Waals surface area contributed by atoms with Crippen molar-refractivity contribution in [1.82, 2.24) is 5.32 Å². The maximum atomic E-state index is 10.8. The van der Waals surface area contributed by atoms with Crippen LogP contribution in [0.15, 0.2) is 0 Å². The third kappa shape index (κ3) is 3.20. The molecule has 1 N–H and O–H groups in total. The summed E-state index contributed by atoms with van der Waals surface area (Å²) in [5.41, 5.74) is 0. The molecule has 1 saturated carbocycles. The SMILES string of the molecule is CC(=O)NC1CCCCC1O[N+](=O)[O-]. The van der Waals surface area contributed by atoms with Crippen molar-refractivity contribution >= 4 is 5.91 Å². The van der Waals surface area contributed by atoms with Crippen molar-refractivity contribution in [3.63, 3.8) is 0 Å². The van der Waals surface area contributed by atoms with Crippen molar-refractivity contribution in [3.05, 3.63) is 10.1 Å².